The summed E-state index contributed by atoms with van der Waals surface area (Å²) < 4.78 is 35.1. The first kappa shape index (κ1) is 36.4. The van der Waals surface area contributed by atoms with E-state index in [-0.39, 0.29) is 72.7 Å². The van der Waals surface area contributed by atoms with Crippen molar-refractivity contribution in [2.75, 3.05) is 32.2 Å². The molecule has 272 valence electrons. The number of anilines is 1. The number of rotatable bonds is 16. The molecule has 0 spiro atoms. The molecule has 0 saturated carbocycles. The molecule has 5 aromatic rings. The number of amides is 1. The van der Waals surface area contributed by atoms with Crippen LogP contribution in [0.3, 0.4) is 0 Å². The number of hydrogen-bond donors (Lipinski definition) is 4. The van der Waals surface area contributed by atoms with Crippen molar-refractivity contribution in [3.05, 3.63) is 45.8 Å². The third-order valence-corrected chi connectivity index (χ3v) is 10.5. The van der Waals surface area contributed by atoms with Gasteiger partial charge in [0.2, 0.25) is 17.6 Å². The number of aromatic nitrogens is 9. The first-order chi connectivity index (χ1) is 24.5. The summed E-state index contributed by atoms with van der Waals surface area (Å²) in [6, 6.07) is 2.00. The molecule has 22 heteroatoms. The van der Waals surface area contributed by atoms with E-state index in [2.05, 4.69) is 35.2 Å². The number of carbonyl (C=O) groups is 1. The van der Waals surface area contributed by atoms with Crippen molar-refractivity contribution < 1.29 is 32.9 Å². The van der Waals surface area contributed by atoms with E-state index in [9.17, 15) is 24.8 Å². The van der Waals surface area contributed by atoms with Gasteiger partial charge >= 0.3 is 6.72 Å². The van der Waals surface area contributed by atoms with E-state index < -0.39 is 36.9 Å². The monoisotopic (exact) mass is 745 g/mol. The number of aromatic amines is 2. The fraction of sp³-hybridized carbons (Fsp3) is 0.517. The van der Waals surface area contributed by atoms with E-state index in [1.807, 2.05) is 6.07 Å². The number of H-pyrrole nitrogens is 2. The Kier molecular flexibility index (Phi) is 11.0. The van der Waals surface area contributed by atoms with E-state index >= 15 is 0 Å². The fourth-order valence-electron chi connectivity index (χ4n) is 5.46. The van der Waals surface area contributed by atoms with Gasteiger partial charge in [0.1, 0.15) is 12.5 Å². The second kappa shape index (κ2) is 15.5. The molecule has 5 atom stereocenters. The number of aliphatic hydroxyl groups excluding tert-OH is 1. The number of hydrogen-bond acceptors (Lipinski definition) is 15. The average Bonchev–Trinajstić information content (AvgIpc) is 3.92. The lowest BCUT2D eigenvalue weighted by Gasteiger charge is -2.30. The Morgan fingerprint density at radius 2 is 1.98 bits per heavy atom. The van der Waals surface area contributed by atoms with Gasteiger partial charge in [-0.3, -0.25) is 47.7 Å². The zero-order chi connectivity index (χ0) is 36.3. The minimum absolute atomic E-state index is 0.00544. The van der Waals surface area contributed by atoms with Crippen LogP contribution in [0.25, 0.3) is 28.1 Å². The molecule has 1 aliphatic rings. The van der Waals surface area contributed by atoms with Crippen molar-refractivity contribution in [2.24, 2.45) is 5.92 Å². The van der Waals surface area contributed by atoms with E-state index in [1.54, 1.807) is 35.2 Å². The number of ether oxygens (including phenoxy) is 2. The van der Waals surface area contributed by atoms with Gasteiger partial charge in [-0.15, -0.1) is 0 Å². The van der Waals surface area contributed by atoms with E-state index in [0.717, 1.165) is 0 Å². The van der Waals surface area contributed by atoms with Crippen LogP contribution in [0.15, 0.2) is 34.6 Å². The van der Waals surface area contributed by atoms with Gasteiger partial charge in [0, 0.05) is 31.8 Å². The fourth-order valence-corrected chi connectivity index (χ4v) is 7.51. The Morgan fingerprint density at radius 3 is 2.73 bits per heavy atom. The maximum Gasteiger partial charge on any atom is 0.329 e. The second-order valence-corrected chi connectivity index (χ2v) is 14.9. The van der Waals surface area contributed by atoms with Gasteiger partial charge in [-0.1, -0.05) is 13.8 Å². The summed E-state index contributed by atoms with van der Waals surface area (Å²) in [7, 11) is 1.41. The number of aliphatic hydroxyl groups is 1. The van der Waals surface area contributed by atoms with Crippen molar-refractivity contribution >= 4 is 58.5 Å². The summed E-state index contributed by atoms with van der Waals surface area (Å²) in [6.45, 7) is -0.869. The van der Waals surface area contributed by atoms with Gasteiger partial charge in [0.15, 0.2) is 22.3 Å². The highest BCUT2D eigenvalue weighted by Gasteiger charge is 2.35. The first-order valence-corrected chi connectivity index (χ1v) is 18.5. The quantitative estimate of drug-likeness (QED) is 0.0831. The van der Waals surface area contributed by atoms with E-state index in [1.165, 1.54) is 24.3 Å². The zero-order valence-electron chi connectivity index (χ0n) is 27.8. The number of nitrogens with one attached hydrogen (secondary N) is 3. The lowest BCUT2D eigenvalue weighted by Crippen LogP contribution is -2.25. The number of methoxy groups -OCH3 is 1. The minimum Gasteiger partial charge on any atom is -0.394 e. The number of carbonyl (C=O) groups excluding carboxylic acids is 1. The molecule has 6 heterocycles. The molecule has 5 aromatic heterocycles. The Balaban J connectivity index is 1.25. The molecular formula is C29H36N11O9PS. The van der Waals surface area contributed by atoms with Crippen LogP contribution in [0.1, 0.15) is 52.0 Å². The van der Waals surface area contributed by atoms with Crippen LogP contribution >= 0.6 is 6.72 Å². The largest absolute Gasteiger partial charge is 0.394 e. The Hall–Kier alpha value is -4.39. The topological polar surface area (TPSA) is 251 Å². The molecular weight excluding hydrogens is 709 g/mol. The van der Waals surface area contributed by atoms with Crippen LogP contribution in [-0.4, -0.2) is 93.6 Å². The summed E-state index contributed by atoms with van der Waals surface area (Å²) in [4.78, 5) is 60.2. The van der Waals surface area contributed by atoms with Crippen molar-refractivity contribution in [1.82, 2.24) is 43.4 Å². The van der Waals surface area contributed by atoms with Crippen molar-refractivity contribution in [2.45, 2.75) is 64.2 Å². The van der Waals surface area contributed by atoms with Gasteiger partial charge in [-0.2, -0.15) is 10.2 Å². The predicted molar refractivity (Wildman–Crippen MR) is 183 cm³/mol. The smallest absolute Gasteiger partial charge is 0.329 e. The molecule has 51 heavy (non-hydrogen) atoms. The first-order valence-electron chi connectivity index (χ1n) is 16.0. The van der Waals surface area contributed by atoms with Crippen molar-refractivity contribution in [3.8, 4) is 6.07 Å². The normalized spacial score (nSPS) is 18.7. The molecule has 20 nitrogen and oxygen atoms in total. The highest BCUT2D eigenvalue weighted by atomic mass is 32.5. The average molecular weight is 746 g/mol. The standard InChI is InChI=1S/C29H36N11O9PS/c1-16(2)24(42)35-28-34-23-21(25(43)36-28)32-14-39(23)20(11-18(12-41)45-3)49-50(51,46-10-4-7-30)47-13-17-5-6-19(48-17)40-15-33-22-26(44)37-29-31-8-9-38(29)27(22)40/h8-9,14-20,41H,4-6,10-13H2,1-3H3,(H,31,37,44)(H2,34,35,36,42,43)/t17-,18-,19+,20+,50?/m0/s1. The summed E-state index contributed by atoms with van der Waals surface area (Å²) in [5, 5.41) is 21.8. The third-order valence-electron chi connectivity index (χ3n) is 8.11. The minimum atomic E-state index is -3.71. The molecule has 1 amide bonds. The van der Waals surface area contributed by atoms with Crippen molar-refractivity contribution in [3.63, 3.8) is 0 Å². The maximum atomic E-state index is 12.9. The van der Waals surface area contributed by atoms with Gasteiger partial charge in [0.05, 0.1) is 57.2 Å². The molecule has 1 saturated heterocycles. The van der Waals surface area contributed by atoms with Crippen LogP contribution in [0.2, 0.25) is 0 Å². The van der Waals surface area contributed by atoms with Crippen LogP contribution in [0, 0.1) is 17.2 Å². The van der Waals surface area contributed by atoms with Crippen LogP contribution in [-0.2, 0) is 39.6 Å². The van der Waals surface area contributed by atoms with Gasteiger partial charge < -0.3 is 23.6 Å². The molecule has 6 rings (SSSR count). The summed E-state index contributed by atoms with van der Waals surface area (Å²) >= 11 is 5.85. The van der Waals surface area contributed by atoms with Crippen LogP contribution in [0.4, 0.5) is 5.95 Å². The summed E-state index contributed by atoms with van der Waals surface area (Å²) in [5.41, 5.74) is -0.218. The second-order valence-electron chi connectivity index (χ2n) is 11.9. The molecule has 0 bridgehead atoms. The van der Waals surface area contributed by atoms with Gasteiger partial charge in [0.25, 0.3) is 11.1 Å². The lowest BCUT2D eigenvalue weighted by atomic mass is 10.2. The van der Waals surface area contributed by atoms with E-state index in [0.29, 0.717) is 24.3 Å². The highest BCUT2D eigenvalue weighted by Crippen LogP contribution is 2.54. The maximum absolute atomic E-state index is 12.9. The van der Waals surface area contributed by atoms with Gasteiger partial charge in [-0.25, -0.2) is 15.0 Å². The molecule has 0 aromatic carbocycles. The summed E-state index contributed by atoms with van der Waals surface area (Å²) in [5.74, 6) is -0.488. The van der Waals surface area contributed by atoms with Gasteiger partial charge in [-0.05, 0) is 24.6 Å². The number of imidazole rings is 3. The van der Waals surface area contributed by atoms with Crippen molar-refractivity contribution in [1.29, 1.82) is 5.26 Å². The molecule has 1 fully saturated rings. The van der Waals surface area contributed by atoms with Crippen LogP contribution in [0.5, 0.6) is 0 Å². The lowest BCUT2D eigenvalue weighted by molar-refractivity contribution is -0.118. The molecule has 1 unspecified atom stereocenters. The summed E-state index contributed by atoms with van der Waals surface area (Å²) in [6.07, 6.45) is 4.42. The Labute approximate surface area is 293 Å². The third kappa shape index (κ3) is 7.78. The molecule has 0 aliphatic carbocycles. The molecule has 0 radical (unpaired) electrons. The Bertz CT molecular complexity index is 2240. The Morgan fingerprint density at radius 1 is 1.20 bits per heavy atom. The predicted octanol–water partition coefficient (Wildman–Crippen LogP) is 1.86. The van der Waals surface area contributed by atoms with E-state index in [4.69, 9.17) is 34.9 Å². The SMILES string of the molecule is CO[C@H](CO)C[C@@H](OP(=S)(OCCC#N)OC[C@@H]1CC[C@H](n2cnc3c(=O)[nH]c4nccn4c32)O1)n1cnc2c(=O)[nH]c(NC(=O)C(C)C)nc21. The highest BCUT2D eigenvalue weighted by molar-refractivity contribution is 8.07. The number of nitrogens with zero attached hydrogens (tertiary/aromatic N) is 8. The molecule has 4 N–H and O–H groups in total. The molecule has 1 aliphatic heterocycles. The number of nitriles is 1. The zero-order valence-corrected chi connectivity index (χ0v) is 29.5. The van der Waals surface area contributed by atoms with Crippen LogP contribution < -0.4 is 16.4 Å². The number of fused-ring (bicyclic) bond motifs is 4.